The van der Waals surface area contributed by atoms with Crippen LogP contribution < -0.4 is 10.6 Å². The number of carbonyl (C=O) groups is 3. The molecule has 0 aromatic heterocycles. The Labute approximate surface area is 146 Å². The van der Waals surface area contributed by atoms with E-state index in [-0.39, 0.29) is 0 Å². The molecule has 0 fully saturated rings. The number of urea groups is 1. The van der Waals surface area contributed by atoms with Crippen LogP contribution in [0.2, 0.25) is 0 Å². The lowest BCUT2D eigenvalue weighted by molar-refractivity contribution is -0.123. The maximum absolute atomic E-state index is 11.9. The fraction of sp³-hybridized carbons (Fsp3) is 0.211. The van der Waals surface area contributed by atoms with E-state index in [1.165, 1.54) is 0 Å². The zero-order valence-corrected chi connectivity index (χ0v) is 14.2. The SMILES string of the molecule is Cc1cc(C)cc(C(=O)OCC(=O)NC(=O)NCc2ccccc2)c1. The van der Waals surface area contributed by atoms with Gasteiger partial charge in [0.15, 0.2) is 6.61 Å². The highest BCUT2D eigenvalue weighted by Gasteiger charge is 2.13. The maximum atomic E-state index is 11.9. The summed E-state index contributed by atoms with van der Waals surface area (Å²) in [5.41, 5.74) is 3.14. The standard InChI is InChI=1S/C19H20N2O4/c1-13-8-14(2)10-16(9-13)18(23)25-12-17(22)21-19(24)20-11-15-6-4-3-5-7-15/h3-10H,11-12H2,1-2H3,(H2,20,21,22,24). The number of rotatable bonds is 5. The molecule has 0 heterocycles. The molecule has 0 aliphatic rings. The summed E-state index contributed by atoms with van der Waals surface area (Å²) >= 11 is 0. The number of carbonyl (C=O) groups excluding carboxylic acids is 3. The molecular weight excluding hydrogens is 320 g/mol. The van der Waals surface area contributed by atoms with E-state index in [2.05, 4.69) is 10.6 Å². The van der Waals surface area contributed by atoms with E-state index in [1.54, 1.807) is 12.1 Å². The van der Waals surface area contributed by atoms with Gasteiger partial charge in [-0.3, -0.25) is 10.1 Å². The second-order valence-electron chi connectivity index (χ2n) is 5.67. The number of aryl methyl sites for hydroxylation is 2. The summed E-state index contributed by atoms with van der Waals surface area (Å²) in [6, 6.07) is 13.9. The first kappa shape index (κ1) is 18.2. The molecule has 0 aliphatic heterocycles. The summed E-state index contributed by atoms with van der Waals surface area (Å²) in [6.07, 6.45) is 0. The van der Waals surface area contributed by atoms with Crippen LogP contribution in [-0.4, -0.2) is 24.5 Å². The summed E-state index contributed by atoms with van der Waals surface area (Å²) in [5.74, 6) is -1.30. The highest BCUT2D eigenvalue weighted by Crippen LogP contribution is 2.10. The van der Waals surface area contributed by atoms with Crippen LogP contribution in [0.5, 0.6) is 0 Å². The minimum Gasteiger partial charge on any atom is -0.452 e. The molecule has 130 valence electrons. The van der Waals surface area contributed by atoms with Gasteiger partial charge in [-0.25, -0.2) is 9.59 Å². The molecule has 0 atom stereocenters. The summed E-state index contributed by atoms with van der Waals surface area (Å²) in [6.45, 7) is 3.51. The van der Waals surface area contributed by atoms with Crippen molar-refractivity contribution in [3.8, 4) is 0 Å². The van der Waals surface area contributed by atoms with Crippen LogP contribution in [0.25, 0.3) is 0 Å². The number of esters is 1. The molecule has 0 saturated carbocycles. The van der Waals surface area contributed by atoms with Gasteiger partial charge in [-0.1, -0.05) is 47.5 Å². The Morgan fingerprint density at radius 3 is 2.24 bits per heavy atom. The van der Waals surface area contributed by atoms with Crippen molar-refractivity contribution in [2.24, 2.45) is 0 Å². The van der Waals surface area contributed by atoms with Gasteiger partial charge in [0.05, 0.1) is 5.56 Å². The Morgan fingerprint density at radius 1 is 0.960 bits per heavy atom. The van der Waals surface area contributed by atoms with Crippen LogP contribution in [0.15, 0.2) is 48.5 Å². The molecule has 0 saturated heterocycles. The minimum atomic E-state index is -0.691. The van der Waals surface area contributed by atoms with Crippen molar-refractivity contribution >= 4 is 17.9 Å². The monoisotopic (exact) mass is 340 g/mol. The number of hydrogen-bond donors (Lipinski definition) is 2. The van der Waals surface area contributed by atoms with Crippen molar-refractivity contribution in [1.29, 1.82) is 0 Å². The smallest absolute Gasteiger partial charge is 0.338 e. The molecule has 3 amide bonds. The fourth-order valence-corrected chi connectivity index (χ4v) is 2.29. The van der Waals surface area contributed by atoms with Gasteiger partial charge in [0.25, 0.3) is 5.91 Å². The van der Waals surface area contributed by atoms with Crippen molar-refractivity contribution in [3.63, 3.8) is 0 Å². The van der Waals surface area contributed by atoms with E-state index < -0.39 is 24.5 Å². The Hall–Kier alpha value is -3.15. The molecular formula is C19H20N2O4. The zero-order chi connectivity index (χ0) is 18.2. The first-order valence-corrected chi connectivity index (χ1v) is 7.81. The molecule has 0 aliphatic carbocycles. The van der Waals surface area contributed by atoms with Gasteiger partial charge >= 0.3 is 12.0 Å². The van der Waals surface area contributed by atoms with E-state index in [9.17, 15) is 14.4 Å². The highest BCUT2D eigenvalue weighted by atomic mass is 16.5. The van der Waals surface area contributed by atoms with Crippen LogP contribution in [0, 0.1) is 13.8 Å². The molecule has 0 radical (unpaired) electrons. The van der Waals surface area contributed by atoms with Crippen molar-refractivity contribution in [1.82, 2.24) is 10.6 Å². The van der Waals surface area contributed by atoms with Crippen LogP contribution in [0.1, 0.15) is 27.0 Å². The number of nitrogens with one attached hydrogen (secondary N) is 2. The van der Waals surface area contributed by atoms with Gasteiger partial charge in [0, 0.05) is 6.54 Å². The van der Waals surface area contributed by atoms with E-state index in [0.717, 1.165) is 16.7 Å². The van der Waals surface area contributed by atoms with Gasteiger partial charge < -0.3 is 10.1 Å². The Bertz CT molecular complexity index is 752. The summed E-state index contributed by atoms with van der Waals surface area (Å²) in [7, 11) is 0. The van der Waals surface area contributed by atoms with Crippen molar-refractivity contribution in [3.05, 3.63) is 70.8 Å². The minimum absolute atomic E-state index is 0.294. The van der Waals surface area contributed by atoms with Gasteiger partial charge in [-0.05, 0) is 31.5 Å². The molecule has 2 rings (SSSR count). The molecule has 6 heteroatoms. The summed E-state index contributed by atoms with van der Waals surface area (Å²) in [4.78, 5) is 35.3. The van der Waals surface area contributed by atoms with Crippen molar-refractivity contribution in [2.75, 3.05) is 6.61 Å². The third kappa shape index (κ3) is 6.10. The van der Waals surface area contributed by atoms with Crippen LogP contribution in [0.4, 0.5) is 4.79 Å². The molecule has 25 heavy (non-hydrogen) atoms. The lowest BCUT2D eigenvalue weighted by atomic mass is 10.1. The number of benzene rings is 2. The second-order valence-corrected chi connectivity index (χ2v) is 5.67. The van der Waals surface area contributed by atoms with Crippen LogP contribution in [-0.2, 0) is 16.1 Å². The molecule has 0 bridgehead atoms. The van der Waals surface area contributed by atoms with Crippen molar-refractivity contribution in [2.45, 2.75) is 20.4 Å². The average Bonchev–Trinajstić information content (AvgIpc) is 2.58. The fourth-order valence-electron chi connectivity index (χ4n) is 2.29. The molecule has 0 spiro atoms. The predicted molar refractivity (Wildman–Crippen MR) is 93.0 cm³/mol. The van der Waals surface area contributed by atoms with E-state index >= 15 is 0 Å². The summed E-state index contributed by atoms with van der Waals surface area (Å²) < 4.78 is 4.93. The first-order valence-electron chi connectivity index (χ1n) is 7.81. The maximum Gasteiger partial charge on any atom is 0.338 e. The summed E-state index contributed by atoms with van der Waals surface area (Å²) in [5, 5.41) is 4.67. The molecule has 2 N–H and O–H groups in total. The van der Waals surface area contributed by atoms with Gasteiger partial charge in [0.1, 0.15) is 0 Å². The van der Waals surface area contributed by atoms with Crippen LogP contribution >= 0.6 is 0 Å². The van der Waals surface area contributed by atoms with E-state index in [1.807, 2.05) is 50.2 Å². The topological polar surface area (TPSA) is 84.5 Å². The molecule has 0 unspecified atom stereocenters. The van der Waals surface area contributed by atoms with Crippen LogP contribution in [0.3, 0.4) is 0 Å². The van der Waals surface area contributed by atoms with Crippen molar-refractivity contribution < 1.29 is 19.1 Å². The van der Waals surface area contributed by atoms with E-state index in [4.69, 9.17) is 4.74 Å². The highest BCUT2D eigenvalue weighted by molar-refractivity contribution is 5.97. The Morgan fingerprint density at radius 2 is 1.60 bits per heavy atom. The van der Waals surface area contributed by atoms with E-state index in [0.29, 0.717) is 12.1 Å². The number of amides is 3. The Kier molecular flexibility index (Phi) is 6.28. The normalized spacial score (nSPS) is 10.0. The zero-order valence-electron chi connectivity index (χ0n) is 14.2. The Balaban J connectivity index is 1.76. The number of imide groups is 1. The third-order valence-electron chi connectivity index (χ3n) is 3.34. The largest absolute Gasteiger partial charge is 0.452 e. The lowest BCUT2D eigenvalue weighted by Gasteiger charge is -2.08. The quantitative estimate of drug-likeness (QED) is 0.819. The van der Waals surface area contributed by atoms with Gasteiger partial charge in [-0.2, -0.15) is 0 Å². The molecule has 2 aromatic rings. The average molecular weight is 340 g/mol. The first-order chi connectivity index (χ1) is 11.9. The number of hydrogen-bond acceptors (Lipinski definition) is 4. The number of ether oxygens (including phenoxy) is 1. The third-order valence-corrected chi connectivity index (χ3v) is 3.34. The van der Waals surface area contributed by atoms with Gasteiger partial charge in [-0.15, -0.1) is 0 Å². The lowest BCUT2D eigenvalue weighted by Crippen LogP contribution is -2.41. The predicted octanol–water partition coefficient (Wildman–Crippen LogP) is 2.49. The second kappa shape index (κ2) is 8.63. The van der Waals surface area contributed by atoms with Gasteiger partial charge in [0.2, 0.25) is 0 Å². The molecule has 6 nitrogen and oxygen atoms in total. The molecule has 2 aromatic carbocycles.